The van der Waals surface area contributed by atoms with Gasteiger partial charge in [-0.1, -0.05) is 0 Å². The number of amides is 1. The number of benzene rings is 1. The van der Waals surface area contributed by atoms with E-state index in [0.29, 0.717) is 16.7 Å². The van der Waals surface area contributed by atoms with Gasteiger partial charge in [0.05, 0.1) is 0 Å². The van der Waals surface area contributed by atoms with Crippen molar-refractivity contribution in [3.05, 3.63) is 35.7 Å². The van der Waals surface area contributed by atoms with Crippen molar-refractivity contribution in [2.45, 2.75) is 34.1 Å². The predicted molar refractivity (Wildman–Crippen MR) is 98.2 cm³/mol. The van der Waals surface area contributed by atoms with Crippen LogP contribution in [0.15, 0.2) is 33.5 Å². The Bertz CT molecular complexity index is 973. The number of hydrogen-bond donors (Lipinski definition) is 0. The first kappa shape index (κ1) is 18.8. The van der Waals surface area contributed by atoms with Gasteiger partial charge in [-0.05, 0) is 0 Å². The molecular formula is C18H20BN3O5. The Kier molecular flexibility index (Phi) is 5.11. The fourth-order valence-electron chi connectivity index (χ4n) is 2.36. The SMILES string of the molecule is Cc1bc(N(COC(=O)C(C)(C)C)C(=O)Cc2ccc3ocnc3c2)on1. The van der Waals surface area contributed by atoms with Crippen LogP contribution < -0.4 is 4.90 Å². The molecule has 3 aromatic rings. The number of fused-ring (bicyclic) bond motifs is 1. The van der Waals surface area contributed by atoms with Crippen LogP contribution in [0.5, 0.6) is 0 Å². The molecule has 0 saturated carbocycles. The minimum absolute atomic E-state index is 0.0790. The van der Waals surface area contributed by atoms with Crippen molar-refractivity contribution in [3.8, 4) is 0 Å². The molecule has 9 heteroatoms. The zero-order valence-corrected chi connectivity index (χ0v) is 15.7. The number of ether oxygens (including phenoxy) is 1. The average Bonchev–Trinajstić information content (AvgIpc) is 3.22. The van der Waals surface area contributed by atoms with Crippen molar-refractivity contribution < 1.29 is 23.3 Å². The van der Waals surface area contributed by atoms with Gasteiger partial charge in [0.15, 0.2) is 0 Å². The molecule has 0 spiro atoms. The predicted octanol–water partition coefficient (Wildman–Crippen LogP) is 2.58. The van der Waals surface area contributed by atoms with Gasteiger partial charge < -0.3 is 0 Å². The Hall–Kier alpha value is -2.97. The van der Waals surface area contributed by atoms with Gasteiger partial charge in [-0.25, -0.2) is 0 Å². The first-order valence-electron chi connectivity index (χ1n) is 8.47. The van der Waals surface area contributed by atoms with Gasteiger partial charge in [-0.15, -0.1) is 0 Å². The number of rotatable bonds is 5. The average molecular weight is 369 g/mol. The summed E-state index contributed by atoms with van der Waals surface area (Å²) in [5.41, 5.74) is 2.01. The molecule has 0 aliphatic heterocycles. The zero-order chi connectivity index (χ0) is 19.6. The Labute approximate surface area is 156 Å². The van der Waals surface area contributed by atoms with E-state index in [0.717, 1.165) is 5.56 Å². The van der Waals surface area contributed by atoms with Gasteiger partial charge in [0.25, 0.3) is 0 Å². The molecule has 0 bridgehead atoms. The van der Waals surface area contributed by atoms with Crippen LogP contribution in [-0.4, -0.2) is 35.7 Å². The van der Waals surface area contributed by atoms with E-state index in [1.807, 2.05) is 0 Å². The van der Waals surface area contributed by atoms with Crippen molar-refractivity contribution in [3.63, 3.8) is 0 Å². The zero-order valence-electron chi connectivity index (χ0n) is 15.7. The Morgan fingerprint density at radius 1 is 1.30 bits per heavy atom. The fraction of sp³-hybridized carbons (Fsp3) is 0.389. The Morgan fingerprint density at radius 3 is 2.74 bits per heavy atom. The van der Waals surface area contributed by atoms with E-state index in [9.17, 15) is 9.59 Å². The van der Waals surface area contributed by atoms with Gasteiger partial charge in [-0.3, -0.25) is 0 Å². The van der Waals surface area contributed by atoms with E-state index in [1.165, 1.54) is 11.3 Å². The molecule has 0 N–H and O–H groups in total. The van der Waals surface area contributed by atoms with Gasteiger partial charge in [0.2, 0.25) is 0 Å². The summed E-state index contributed by atoms with van der Waals surface area (Å²) < 4.78 is 15.7. The Morgan fingerprint density at radius 2 is 2.07 bits per heavy atom. The molecule has 0 aliphatic carbocycles. The molecule has 1 aromatic carbocycles. The molecular weight excluding hydrogens is 349 g/mol. The number of hydrogen-bond acceptors (Lipinski definition) is 7. The molecule has 0 unspecified atom stereocenters. The molecule has 0 radical (unpaired) electrons. The van der Waals surface area contributed by atoms with Gasteiger partial charge in [0.1, 0.15) is 0 Å². The molecule has 0 saturated heterocycles. The topological polar surface area (TPSA) is 98.7 Å². The summed E-state index contributed by atoms with van der Waals surface area (Å²) >= 11 is 0. The molecule has 0 fully saturated rings. The number of aryl methyl sites for hydroxylation is 1. The van der Waals surface area contributed by atoms with Crippen molar-refractivity contribution in [1.29, 1.82) is 0 Å². The summed E-state index contributed by atoms with van der Waals surface area (Å²) in [4.78, 5) is 30.3. The van der Waals surface area contributed by atoms with Crippen molar-refractivity contribution in [2.75, 3.05) is 11.6 Å². The second-order valence-corrected chi connectivity index (χ2v) is 7.27. The first-order chi connectivity index (χ1) is 12.7. The fourth-order valence-corrected chi connectivity index (χ4v) is 2.36. The van der Waals surface area contributed by atoms with Crippen molar-refractivity contribution >= 4 is 35.7 Å². The summed E-state index contributed by atoms with van der Waals surface area (Å²) in [7, 11) is 0. The van der Waals surface area contributed by atoms with Gasteiger partial charge in [-0.2, -0.15) is 0 Å². The summed E-state index contributed by atoms with van der Waals surface area (Å²) in [6.45, 7) is 8.34. The van der Waals surface area contributed by atoms with E-state index in [2.05, 4.69) is 10.1 Å². The second kappa shape index (κ2) is 7.34. The van der Waals surface area contributed by atoms with E-state index in [-0.39, 0.29) is 24.8 Å². The van der Waals surface area contributed by atoms with Gasteiger partial charge in [0, 0.05) is 0 Å². The number of carbonyl (C=O) groups is 2. The van der Waals surface area contributed by atoms with E-state index >= 15 is 0 Å². The van der Waals surface area contributed by atoms with E-state index in [1.54, 1.807) is 52.8 Å². The molecule has 0 aliphatic rings. The van der Waals surface area contributed by atoms with Crippen molar-refractivity contribution in [2.24, 2.45) is 5.41 Å². The molecule has 140 valence electrons. The number of carbonyl (C=O) groups excluding carboxylic acids is 2. The van der Waals surface area contributed by atoms with E-state index < -0.39 is 11.4 Å². The summed E-state index contributed by atoms with van der Waals surface area (Å²) in [6.07, 6.45) is 1.43. The van der Waals surface area contributed by atoms with Crippen LogP contribution >= 0.6 is 0 Å². The number of aromatic nitrogens is 2. The third-order valence-electron chi connectivity index (χ3n) is 3.87. The third-order valence-corrected chi connectivity index (χ3v) is 3.87. The Balaban J connectivity index is 1.78. The molecule has 8 nitrogen and oxygen atoms in total. The monoisotopic (exact) mass is 369 g/mol. The maximum absolute atomic E-state index is 12.9. The number of nitrogens with zero attached hydrogens (tertiary/aromatic N) is 3. The molecule has 1 amide bonds. The number of oxazole rings is 1. The van der Waals surface area contributed by atoms with Crippen LogP contribution in [0.1, 0.15) is 31.9 Å². The van der Waals surface area contributed by atoms with Crippen molar-refractivity contribution in [1.82, 2.24) is 10.1 Å². The molecule has 3 rings (SSSR count). The third kappa shape index (κ3) is 4.42. The normalized spacial score (nSPS) is 11.4. The first-order valence-corrected chi connectivity index (χ1v) is 8.47. The van der Waals surface area contributed by atoms with Crippen LogP contribution in [0.3, 0.4) is 0 Å². The van der Waals surface area contributed by atoms with Crippen LogP contribution in [0.2, 0.25) is 0 Å². The molecule has 0 atom stereocenters. The van der Waals surface area contributed by atoms with Crippen LogP contribution in [-0.2, 0) is 20.7 Å². The molecule has 2 heterocycles. The van der Waals surface area contributed by atoms with Crippen LogP contribution in [0, 0.1) is 12.3 Å². The van der Waals surface area contributed by atoms with Gasteiger partial charge >= 0.3 is 156 Å². The quantitative estimate of drug-likeness (QED) is 0.503. The van der Waals surface area contributed by atoms with Crippen LogP contribution in [0.4, 0.5) is 5.78 Å². The maximum atomic E-state index is 12.9. The standard InChI is InChI=1S/C18H20BN3O5/c1-11-19-17(27-21-11)22(10-26-16(24)18(2,3)4)15(23)8-12-5-6-14-13(7-12)20-9-25-14/h5-7,9H,8,10H2,1-4H3. The number of anilines is 1. The summed E-state index contributed by atoms with van der Waals surface area (Å²) in [5.74, 6) is -0.488. The molecule has 2 aromatic heterocycles. The van der Waals surface area contributed by atoms with E-state index in [4.69, 9.17) is 13.7 Å². The summed E-state index contributed by atoms with van der Waals surface area (Å²) in [5, 5.41) is 3.81. The second-order valence-electron chi connectivity index (χ2n) is 7.27. The minimum atomic E-state index is -0.677. The summed E-state index contributed by atoms with van der Waals surface area (Å²) in [6, 6.07) is 5.33. The molecule has 27 heavy (non-hydrogen) atoms. The number of esters is 1. The van der Waals surface area contributed by atoms with Crippen LogP contribution in [0.25, 0.3) is 11.1 Å².